The van der Waals surface area contributed by atoms with Crippen molar-refractivity contribution in [1.29, 1.82) is 0 Å². The number of carbonyl (C=O) groups excluding carboxylic acids is 1. The average molecular weight is 744 g/mol. The summed E-state index contributed by atoms with van der Waals surface area (Å²) in [6.45, 7) is -1.16. The molecule has 2 aliphatic heterocycles. The van der Waals surface area contributed by atoms with Gasteiger partial charge in [0.1, 0.15) is 60.1 Å². The van der Waals surface area contributed by atoms with Crippen LogP contribution in [0.4, 0.5) is 0 Å². The fourth-order valence-electron chi connectivity index (χ4n) is 5.62. The molecule has 3 heterocycles. The van der Waals surface area contributed by atoms with Crippen LogP contribution < -0.4 is 4.74 Å². The fraction of sp³-hybridized carbons (Fsp3) is 0.314. The average Bonchev–Trinajstić information content (AvgIpc) is 3.12. The van der Waals surface area contributed by atoms with Gasteiger partial charge in [0.25, 0.3) is 0 Å². The molecule has 1 aromatic heterocycles. The van der Waals surface area contributed by atoms with Crippen molar-refractivity contribution >= 4 is 23.0 Å². The number of hydrogen-bond acceptors (Lipinski definition) is 17. The first-order valence-corrected chi connectivity index (χ1v) is 15.9. The van der Waals surface area contributed by atoms with Crippen molar-refractivity contribution in [2.24, 2.45) is 0 Å². The summed E-state index contributed by atoms with van der Waals surface area (Å²) in [5.41, 5.74) is 0.368. The van der Waals surface area contributed by atoms with E-state index in [2.05, 4.69) is 0 Å². The van der Waals surface area contributed by atoms with Crippen LogP contribution in [0.1, 0.15) is 5.56 Å². The van der Waals surface area contributed by atoms with Crippen LogP contribution in [0.2, 0.25) is 0 Å². The van der Waals surface area contributed by atoms with Crippen LogP contribution in [-0.2, 0) is 23.7 Å². The first-order chi connectivity index (χ1) is 25.2. The quantitative estimate of drug-likeness (QED) is 0.0482. The van der Waals surface area contributed by atoms with Gasteiger partial charge in [0.05, 0.1) is 18.2 Å². The lowest BCUT2D eigenvalue weighted by molar-refractivity contribution is -0.345. The molecule has 0 aliphatic carbocycles. The summed E-state index contributed by atoms with van der Waals surface area (Å²) in [7, 11) is 0. The van der Waals surface area contributed by atoms with E-state index in [0.717, 1.165) is 24.3 Å². The van der Waals surface area contributed by atoms with Gasteiger partial charge in [-0.1, -0.05) is 6.07 Å². The summed E-state index contributed by atoms with van der Waals surface area (Å²) in [6, 6.07) is 10.8. The molecule has 18 nitrogen and oxygen atoms in total. The summed E-state index contributed by atoms with van der Waals surface area (Å²) in [5.74, 6) is -4.01. The molecule has 2 saturated heterocycles. The normalized spacial score (nSPS) is 27.5. The summed E-state index contributed by atoms with van der Waals surface area (Å²) in [5, 5.41) is 113. The molecule has 11 N–H and O–H groups in total. The third-order valence-electron chi connectivity index (χ3n) is 8.49. The molecule has 0 spiro atoms. The van der Waals surface area contributed by atoms with E-state index in [0.29, 0.717) is 5.56 Å². The predicted molar refractivity (Wildman–Crippen MR) is 176 cm³/mol. The van der Waals surface area contributed by atoms with Crippen molar-refractivity contribution in [3.8, 4) is 51.6 Å². The lowest BCUT2D eigenvalue weighted by Crippen LogP contribution is -2.64. The summed E-state index contributed by atoms with van der Waals surface area (Å²) >= 11 is 0. The van der Waals surface area contributed by atoms with Crippen molar-refractivity contribution in [1.82, 2.24) is 0 Å². The van der Waals surface area contributed by atoms with Crippen LogP contribution >= 0.6 is 0 Å². The Hall–Kier alpha value is -5.44. The summed E-state index contributed by atoms with van der Waals surface area (Å²) in [6.07, 6.45) is -13.3. The monoisotopic (exact) mass is 743 g/mol. The zero-order valence-electron chi connectivity index (χ0n) is 27.2. The number of aliphatic hydroxyl groups excluding tert-OH is 5. The molecule has 4 aromatic rings. The molecule has 3 unspecified atom stereocenters. The summed E-state index contributed by atoms with van der Waals surface area (Å²) in [4.78, 5) is 12.6. The van der Waals surface area contributed by atoms with Crippen LogP contribution in [-0.4, -0.2) is 131 Å². The van der Waals surface area contributed by atoms with E-state index in [1.165, 1.54) is 42.5 Å². The van der Waals surface area contributed by atoms with Gasteiger partial charge in [-0.15, -0.1) is 0 Å². The van der Waals surface area contributed by atoms with Gasteiger partial charge in [0.2, 0.25) is 12.0 Å². The number of phenolic OH excluding ortho intramolecular Hbond substituents is 6. The molecular weight excluding hydrogens is 708 g/mol. The number of phenols is 6. The van der Waals surface area contributed by atoms with Gasteiger partial charge < -0.3 is 79.9 Å². The van der Waals surface area contributed by atoms with Crippen LogP contribution in [0, 0.1) is 0 Å². The van der Waals surface area contributed by atoms with Gasteiger partial charge >= 0.3 is 17.3 Å². The third-order valence-corrected chi connectivity index (χ3v) is 8.49. The second-order valence-corrected chi connectivity index (χ2v) is 12.2. The topological polar surface area (TPSA) is 297 Å². The lowest BCUT2D eigenvalue weighted by Gasteiger charge is -2.44. The Morgan fingerprint density at radius 1 is 0.774 bits per heavy atom. The molecule has 53 heavy (non-hydrogen) atoms. The molecule has 0 radical (unpaired) electrons. The zero-order chi connectivity index (χ0) is 38.1. The van der Waals surface area contributed by atoms with Crippen LogP contribution in [0.25, 0.3) is 28.4 Å². The van der Waals surface area contributed by atoms with Gasteiger partial charge in [-0.2, -0.15) is 0 Å². The Kier molecular flexibility index (Phi) is 10.8. The SMILES string of the molecule is O=C(/C=C/c1ccc(O)c(O)c1)OC[C@@H]1OC(Oc2cc3c(O)cc(O)cc3[o+]c2-c2ccc(O)c(O)c2)C(O[C@@H]2OCC(O)[C@@H](O)[C@@H]2O)[C@H](O)[C@H]1O. The molecule has 0 bridgehead atoms. The largest absolute Gasteiger partial charge is 0.507 e. The highest BCUT2D eigenvalue weighted by Crippen LogP contribution is 2.42. The molecule has 9 atom stereocenters. The molecule has 2 fully saturated rings. The molecule has 2 aliphatic rings. The number of esters is 1. The Morgan fingerprint density at radius 2 is 1.49 bits per heavy atom. The van der Waals surface area contributed by atoms with Gasteiger partial charge in [-0.3, -0.25) is 0 Å². The standard InChI is InChI=1S/C35H34O18/c36-16-9-20(39)17-11-25(32(50-24(17)10-16)15-3-5-19(38)22(41)8-15)51-35-33(53-34-31(47)28(44)23(42)12-49-34)30(46)29(45)26(52-35)13-48-27(43)6-2-14-1-4-18(37)21(40)7-14/h1-11,23,26,28-31,33-35,42,44-47H,12-13H2,(H5-,36,37,38,39,40,41,43)/p+1/t23?,26-,28+,29-,30+,31-,33?,34-,35?/m0/s1. The van der Waals surface area contributed by atoms with E-state index in [9.17, 15) is 61.0 Å². The van der Waals surface area contributed by atoms with E-state index in [1.54, 1.807) is 0 Å². The number of carbonyl (C=O) groups is 1. The van der Waals surface area contributed by atoms with Gasteiger partial charge in [0.15, 0.2) is 35.4 Å². The van der Waals surface area contributed by atoms with Crippen molar-refractivity contribution in [2.45, 2.75) is 55.3 Å². The van der Waals surface area contributed by atoms with E-state index in [-0.39, 0.29) is 39.5 Å². The van der Waals surface area contributed by atoms with Gasteiger partial charge in [0, 0.05) is 24.3 Å². The summed E-state index contributed by atoms with van der Waals surface area (Å²) < 4.78 is 34.4. The Balaban J connectivity index is 1.33. The number of hydrogen-bond donors (Lipinski definition) is 11. The number of rotatable bonds is 9. The number of aliphatic hydroxyl groups is 5. The third kappa shape index (κ3) is 7.99. The van der Waals surface area contributed by atoms with E-state index in [1.807, 2.05) is 0 Å². The first-order valence-electron chi connectivity index (χ1n) is 15.9. The Morgan fingerprint density at radius 3 is 2.21 bits per heavy atom. The van der Waals surface area contributed by atoms with Crippen LogP contribution in [0.15, 0.2) is 65.1 Å². The number of benzene rings is 3. The maximum absolute atomic E-state index is 12.6. The van der Waals surface area contributed by atoms with Crippen LogP contribution in [0.5, 0.6) is 40.2 Å². The highest BCUT2D eigenvalue weighted by Gasteiger charge is 2.51. The van der Waals surface area contributed by atoms with Crippen molar-refractivity contribution in [3.05, 3.63) is 66.2 Å². The minimum atomic E-state index is -1.93. The smallest absolute Gasteiger partial charge is 0.402 e. The molecule has 0 amide bonds. The van der Waals surface area contributed by atoms with Crippen LogP contribution in [0.3, 0.4) is 0 Å². The Bertz CT molecular complexity index is 2000. The number of fused-ring (bicyclic) bond motifs is 1. The first kappa shape index (κ1) is 37.3. The lowest BCUT2D eigenvalue weighted by atomic mass is 9.98. The van der Waals surface area contributed by atoms with Gasteiger partial charge in [-0.25, -0.2) is 9.21 Å². The second-order valence-electron chi connectivity index (χ2n) is 12.2. The maximum Gasteiger partial charge on any atom is 0.402 e. The van der Waals surface area contributed by atoms with Crippen molar-refractivity contribution in [2.75, 3.05) is 13.2 Å². The number of aromatic hydroxyl groups is 6. The molecule has 282 valence electrons. The molecule has 6 rings (SSSR count). The second kappa shape index (κ2) is 15.3. The van der Waals surface area contributed by atoms with E-state index in [4.69, 9.17) is 28.1 Å². The number of ether oxygens (including phenoxy) is 5. The molecule has 3 aromatic carbocycles. The van der Waals surface area contributed by atoms with Gasteiger partial charge in [-0.05, 0) is 35.9 Å². The molecule has 18 heteroatoms. The fourth-order valence-corrected chi connectivity index (χ4v) is 5.62. The van der Waals surface area contributed by atoms with E-state index < -0.39 is 97.5 Å². The van der Waals surface area contributed by atoms with Crippen molar-refractivity contribution in [3.63, 3.8) is 0 Å². The minimum absolute atomic E-state index is 0.000715. The minimum Gasteiger partial charge on any atom is -0.507 e. The zero-order valence-corrected chi connectivity index (χ0v) is 27.2. The highest BCUT2D eigenvalue weighted by molar-refractivity contribution is 5.89. The highest BCUT2D eigenvalue weighted by atomic mass is 16.8. The predicted octanol–water partition coefficient (Wildman–Crippen LogP) is 0.521. The van der Waals surface area contributed by atoms with Crippen molar-refractivity contribution < 1.29 is 89.1 Å². The molecular formula is C35H35O18+. The Labute approximate surface area is 298 Å². The van der Waals surface area contributed by atoms with E-state index >= 15 is 0 Å². The molecule has 0 saturated carbocycles. The maximum atomic E-state index is 12.6.